The van der Waals surface area contributed by atoms with Crippen molar-refractivity contribution in [3.63, 3.8) is 0 Å². The first kappa shape index (κ1) is 16.9. The highest BCUT2D eigenvalue weighted by Crippen LogP contribution is 2.31. The number of unbranched alkanes of at least 4 members (excludes halogenated alkanes) is 2. The molecule has 0 spiro atoms. The standard InChI is InChI=1S/C20H19NO4/c22-17(23)11-2-1-5-12-21-16-10-6-9-15-18(16)20(25)14-8-4-3-7-13(14)19(15)24/h3-4,6-10,21H,1-2,5,11-12H2,(H,22,23). The van der Waals surface area contributed by atoms with Crippen LogP contribution in [0.1, 0.15) is 57.5 Å². The van der Waals surface area contributed by atoms with Gasteiger partial charge in [-0.25, -0.2) is 0 Å². The van der Waals surface area contributed by atoms with Gasteiger partial charge in [0.15, 0.2) is 11.6 Å². The molecule has 0 aliphatic heterocycles. The first-order chi connectivity index (χ1) is 12.1. The van der Waals surface area contributed by atoms with Crippen LogP contribution in [0, 0.1) is 0 Å². The third kappa shape index (κ3) is 3.45. The van der Waals surface area contributed by atoms with Crippen molar-refractivity contribution in [1.29, 1.82) is 0 Å². The molecule has 0 aromatic heterocycles. The van der Waals surface area contributed by atoms with E-state index >= 15 is 0 Å². The van der Waals surface area contributed by atoms with E-state index in [1.54, 1.807) is 42.5 Å². The average molecular weight is 337 g/mol. The van der Waals surface area contributed by atoms with Gasteiger partial charge in [-0.05, 0) is 18.9 Å². The zero-order chi connectivity index (χ0) is 17.8. The minimum Gasteiger partial charge on any atom is -0.481 e. The molecule has 0 heterocycles. The van der Waals surface area contributed by atoms with Crippen LogP contribution in [0.25, 0.3) is 0 Å². The first-order valence-corrected chi connectivity index (χ1v) is 8.36. The van der Waals surface area contributed by atoms with Crippen molar-refractivity contribution in [2.24, 2.45) is 0 Å². The fourth-order valence-electron chi connectivity index (χ4n) is 3.09. The quantitative estimate of drug-likeness (QED) is 0.645. The third-order valence-electron chi connectivity index (χ3n) is 4.34. The molecule has 3 rings (SSSR count). The summed E-state index contributed by atoms with van der Waals surface area (Å²) < 4.78 is 0. The maximum absolute atomic E-state index is 12.8. The molecule has 0 saturated heterocycles. The molecule has 0 bridgehead atoms. The number of carboxylic acid groups (broad SMARTS) is 1. The Hall–Kier alpha value is -2.95. The highest BCUT2D eigenvalue weighted by atomic mass is 16.4. The number of hydrogen-bond donors (Lipinski definition) is 2. The van der Waals surface area contributed by atoms with E-state index in [0.29, 0.717) is 40.9 Å². The van der Waals surface area contributed by atoms with Crippen molar-refractivity contribution in [3.8, 4) is 0 Å². The summed E-state index contributed by atoms with van der Waals surface area (Å²) >= 11 is 0. The van der Waals surface area contributed by atoms with E-state index in [0.717, 1.165) is 12.8 Å². The van der Waals surface area contributed by atoms with E-state index in [4.69, 9.17) is 5.11 Å². The Morgan fingerprint density at radius 1 is 0.840 bits per heavy atom. The van der Waals surface area contributed by atoms with E-state index < -0.39 is 5.97 Å². The largest absolute Gasteiger partial charge is 0.481 e. The summed E-state index contributed by atoms with van der Waals surface area (Å²) in [5.74, 6) is -1.05. The fourth-order valence-corrected chi connectivity index (χ4v) is 3.09. The molecule has 1 aliphatic rings. The summed E-state index contributed by atoms with van der Waals surface area (Å²) in [7, 11) is 0. The number of aliphatic carboxylic acids is 1. The Kier molecular flexibility index (Phi) is 4.93. The summed E-state index contributed by atoms with van der Waals surface area (Å²) in [6, 6.07) is 12.1. The summed E-state index contributed by atoms with van der Waals surface area (Å²) in [5.41, 5.74) is 2.40. The van der Waals surface area contributed by atoms with Gasteiger partial charge in [0.1, 0.15) is 0 Å². The monoisotopic (exact) mass is 337 g/mol. The number of ketones is 2. The summed E-state index contributed by atoms with van der Waals surface area (Å²) in [5, 5.41) is 11.9. The van der Waals surface area contributed by atoms with Crippen LogP contribution >= 0.6 is 0 Å². The van der Waals surface area contributed by atoms with E-state index in [2.05, 4.69) is 5.32 Å². The Bertz CT molecular complexity index is 841. The predicted molar refractivity (Wildman–Crippen MR) is 94.3 cm³/mol. The zero-order valence-electron chi connectivity index (χ0n) is 13.7. The lowest BCUT2D eigenvalue weighted by Gasteiger charge is -2.20. The number of anilines is 1. The molecule has 0 amide bonds. The molecule has 128 valence electrons. The SMILES string of the molecule is O=C(O)CCCCCNc1cccc2c1C(=O)c1ccccc1C2=O. The van der Waals surface area contributed by atoms with Crippen LogP contribution < -0.4 is 5.32 Å². The Morgan fingerprint density at radius 3 is 2.24 bits per heavy atom. The lowest BCUT2D eigenvalue weighted by Crippen LogP contribution is -2.22. The molecule has 0 atom stereocenters. The maximum Gasteiger partial charge on any atom is 0.303 e. The second kappa shape index (κ2) is 7.30. The number of rotatable bonds is 7. The molecule has 1 aliphatic carbocycles. The van der Waals surface area contributed by atoms with Crippen LogP contribution in [0.5, 0.6) is 0 Å². The van der Waals surface area contributed by atoms with Gasteiger partial charge in [-0.3, -0.25) is 14.4 Å². The minimum absolute atomic E-state index is 0.129. The van der Waals surface area contributed by atoms with Gasteiger partial charge in [0.25, 0.3) is 0 Å². The molecule has 0 unspecified atom stereocenters. The number of hydrogen-bond acceptors (Lipinski definition) is 4. The van der Waals surface area contributed by atoms with Crippen LogP contribution in [0.2, 0.25) is 0 Å². The maximum atomic E-state index is 12.8. The van der Waals surface area contributed by atoms with Crippen LogP contribution in [-0.4, -0.2) is 29.2 Å². The second-order valence-corrected chi connectivity index (χ2v) is 6.06. The van der Waals surface area contributed by atoms with Gasteiger partial charge in [0, 0.05) is 35.3 Å². The van der Waals surface area contributed by atoms with Crippen molar-refractivity contribution in [2.45, 2.75) is 25.7 Å². The molecular formula is C20H19NO4. The van der Waals surface area contributed by atoms with Crippen molar-refractivity contribution in [1.82, 2.24) is 0 Å². The summed E-state index contributed by atoms with van der Waals surface area (Å²) in [6.07, 6.45) is 2.40. The van der Waals surface area contributed by atoms with Gasteiger partial charge in [-0.1, -0.05) is 42.8 Å². The van der Waals surface area contributed by atoms with Crippen molar-refractivity contribution >= 4 is 23.2 Å². The van der Waals surface area contributed by atoms with E-state index in [9.17, 15) is 14.4 Å². The average Bonchev–Trinajstić information content (AvgIpc) is 2.62. The molecule has 0 saturated carbocycles. The van der Waals surface area contributed by atoms with Crippen LogP contribution in [-0.2, 0) is 4.79 Å². The molecule has 25 heavy (non-hydrogen) atoms. The normalized spacial score (nSPS) is 12.5. The van der Waals surface area contributed by atoms with Gasteiger partial charge in [-0.15, -0.1) is 0 Å². The fraction of sp³-hybridized carbons (Fsp3) is 0.250. The smallest absolute Gasteiger partial charge is 0.303 e. The molecule has 5 nitrogen and oxygen atoms in total. The van der Waals surface area contributed by atoms with Gasteiger partial charge >= 0.3 is 5.97 Å². The molecule has 2 aromatic carbocycles. The highest BCUT2D eigenvalue weighted by Gasteiger charge is 2.31. The molecule has 0 radical (unpaired) electrons. The van der Waals surface area contributed by atoms with Gasteiger partial charge in [0.2, 0.25) is 0 Å². The highest BCUT2D eigenvalue weighted by molar-refractivity contribution is 6.30. The first-order valence-electron chi connectivity index (χ1n) is 8.36. The molecule has 2 N–H and O–H groups in total. The van der Waals surface area contributed by atoms with E-state index in [1.807, 2.05) is 0 Å². The van der Waals surface area contributed by atoms with E-state index in [-0.39, 0.29) is 18.0 Å². The van der Waals surface area contributed by atoms with Crippen LogP contribution in [0.15, 0.2) is 42.5 Å². The van der Waals surface area contributed by atoms with Crippen LogP contribution in [0.3, 0.4) is 0 Å². The van der Waals surface area contributed by atoms with Crippen molar-refractivity contribution in [2.75, 3.05) is 11.9 Å². The number of carbonyl (C=O) groups excluding carboxylic acids is 2. The molecular weight excluding hydrogens is 318 g/mol. The Labute approximate surface area is 145 Å². The van der Waals surface area contributed by atoms with Gasteiger partial charge < -0.3 is 10.4 Å². The summed E-state index contributed by atoms with van der Waals surface area (Å²) in [4.78, 5) is 36.0. The second-order valence-electron chi connectivity index (χ2n) is 6.06. The van der Waals surface area contributed by atoms with E-state index in [1.165, 1.54) is 0 Å². The lowest BCUT2D eigenvalue weighted by atomic mass is 9.83. The summed E-state index contributed by atoms with van der Waals surface area (Å²) in [6.45, 7) is 0.624. The number of carboxylic acids is 1. The lowest BCUT2D eigenvalue weighted by molar-refractivity contribution is -0.137. The number of fused-ring (bicyclic) bond motifs is 2. The zero-order valence-corrected chi connectivity index (χ0v) is 13.7. The molecule has 5 heteroatoms. The topological polar surface area (TPSA) is 83.5 Å². The Balaban J connectivity index is 1.75. The minimum atomic E-state index is -0.784. The van der Waals surface area contributed by atoms with Gasteiger partial charge in [-0.2, -0.15) is 0 Å². The Morgan fingerprint density at radius 2 is 1.52 bits per heavy atom. The van der Waals surface area contributed by atoms with Crippen LogP contribution in [0.4, 0.5) is 5.69 Å². The van der Waals surface area contributed by atoms with Crippen molar-refractivity contribution < 1.29 is 19.5 Å². The number of carbonyl (C=O) groups is 3. The molecule has 2 aromatic rings. The van der Waals surface area contributed by atoms with Gasteiger partial charge in [0.05, 0.1) is 5.56 Å². The molecule has 0 fully saturated rings. The number of benzene rings is 2. The third-order valence-corrected chi connectivity index (χ3v) is 4.34. The van der Waals surface area contributed by atoms with Crippen molar-refractivity contribution in [3.05, 3.63) is 64.7 Å². The predicted octanol–water partition coefficient (Wildman–Crippen LogP) is 3.52. The number of nitrogens with one attached hydrogen (secondary N) is 1.